The van der Waals surface area contributed by atoms with E-state index in [2.05, 4.69) is 55.5 Å². The molecule has 0 fully saturated rings. The quantitative estimate of drug-likeness (QED) is 0.242. The van der Waals surface area contributed by atoms with E-state index in [1.54, 1.807) is 0 Å². The molecule has 0 N–H and O–H groups in total. The Labute approximate surface area is 190 Å². The molecule has 0 spiro atoms. The Morgan fingerprint density at radius 3 is 2.75 bits per heavy atom. The van der Waals surface area contributed by atoms with Gasteiger partial charge in [-0.2, -0.15) is 24.3 Å². The van der Waals surface area contributed by atoms with Crippen LogP contribution < -0.4 is 62.9 Å². The average molecular weight is 382 g/mol. The van der Waals surface area contributed by atoms with Crippen molar-refractivity contribution in [1.82, 2.24) is 5.10 Å². The standard InChI is InChI=1S/C21H16N2.Rb/c1-3-15-12-14-11-13-7-6-10-17-16-8-4-5-9-18(16)20(19(13)17)21(14)22-23(15)2;/h5-12H,3H2,1-2H3;/q;+1. The third-order valence-electron chi connectivity index (χ3n) is 4.94. The van der Waals surface area contributed by atoms with Gasteiger partial charge in [-0.1, -0.05) is 35.4 Å². The van der Waals surface area contributed by atoms with Crippen LogP contribution in [0, 0.1) is 6.07 Å². The van der Waals surface area contributed by atoms with Gasteiger partial charge in [0.2, 0.25) is 5.69 Å². The number of fused-ring (bicyclic) bond motifs is 5. The van der Waals surface area contributed by atoms with Gasteiger partial charge in [-0.05, 0) is 22.4 Å². The van der Waals surface area contributed by atoms with Crippen LogP contribution in [0.15, 0.2) is 48.5 Å². The Kier molecular flexibility index (Phi) is 4.20. The van der Waals surface area contributed by atoms with Crippen molar-refractivity contribution < 1.29 is 62.9 Å². The van der Waals surface area contributed by atoms with Crippen molar-refractivity contribution in [3.05, 3.63) is 60.3 Å². The third kappa shape index (κ3) is 2.20. The van der Waals surface area contributed by atoms with E-state index in [0.717, 1.165) is 11.9 Å². The first-order valence-electron chi connectivity index (χ1n) is 8.04. The maximum Gasteiger partial charge on any atom is 1.00 e. The molecule has 0 bridgehead atoms. The largest absolute Gasteiger partial charge is 1.00 e. The summed E-state index contributed by atoms with van der Waals surface area (Å²) >= 11 is 0. The van der Waals surface area contributed by atoms with Crippen LogP contribution in [0.3, 0.4) is 0 Å². The predicted molar refractivity (Wildman–Crippen MR) is 93.1 cm³/mol. The Morgan fingerprint density at radius 1 is 1.04 bits per heavy atom. The second-order valence-corrected chi connectivity index (χ2v) is 6.18. The SMILES string of the molecule is CCc1cc2cc3cccc4c3c(c2n[n+]1C)-c1cc[c-]cc1-4.[Rb+]. The smallest absolute Gasteiger partial charge is 0.183 e. The third-order valence-corrected chi connectivity index (χ3v) is 4.94. The molecule has 0 radical (unpaired) electrons. The van der Waals surface area contributed by atoms with E-state index < -0.39 is 0 Å². The number of nitrogens with zero attached hydrogens (tertiary/aromatic N) is 2. The van der Waals surface area contributed by atoms with E-state index in [1.807, 2.05) is 17.8 Å². The van der Waals surface area contributed by atoms with Crippen molar-refractivity contribution in [3.8, 4) is 22.3 Å². The fraction of sp³-hybridized carbons (Fsp3) is 0.143. The van der Waals surface area contributed by atoms with Gasteiger partial charge < -0.3 is 0 Å². The molecule has 4 aromatic rings. The molecule has 0 saturated carbocycles. The number of benzene rings is 3. The van der Waals surface area contributed by atoms with Crippen molar-refractivity contribution >= 4 is 21.7 Å². The Hall–Kier alpha value is -0.935. The van der Waals surface area contributed by atoms with Crippen LogP contribution >= 0.6 is 0 Å². The summed E-state index contributed by atoms with van der Waals surface area (Å²) in [6.45, 7) is 2.17. The number of hydrogen-bond donors (Lipinski definition) is 0. The van der Waals surface area contributed by atoms with Gasteiger partial charge in [-0.25, -0.2) is 0 Å². The maximum absolute atomic E-state index is 4.91. The number of aryl methyl sites for hydroxylation is 2. The molecule has 1 aliphatic carbocycles. The zero-order valence-corrected chi connectivity index (χ0v) is 19.1. The van der Waals surface area contributed by atoms with E-state index in [-0.39, 0.29) is 58.2 Å². The van der Waals surface area contributed by atoms with Gasteiger partial charge in [-0.3, -0.25) is 0 Å². The molecule has 1 aliphatic rings. The molecule has 3 heteroatoms. The molecular weight excluding hydrogens is 366 g/mol. The molecule has 0 amide bonds. The minimum Gasteiger partial charge on any atom is -0.183 e. The zero-order chi connectivity index (χ0) is 15.6. The first kappa shape index (κ1) is 16.5. The zero-order valence-electron chi connectivity index (χ0n) is 14.2. The molecule has 24 heavy (non-hydrogen) atoms. The number of rotatable bonds is 1. The van der Waals surface area contributed by atoms with Crippen LogP contribution in [0.4, 0.5) is 0 Å². The Bertz CT molecular complexity index is 1120. The summed E-state index contributed by atoms with van der Waals surface area (Å²) in [6.07, 6.45) is 0.985. The monoisotopic (exact) mass is 381 g/mol. The Morgan fingerprint density at radius 2 is 1.92 bits per heavy atom. The number of aromatic nitrogens is 2. The van der Waals surface area contributed by atoms with Crippen LogP contribution in [-0.4, -0.2) is 5.10 Å². The van der Waals surface area contributed by atoms with E-state index in [0.29, 0.717) is 0 Å². The van der Waals surface area contributed by atoms with Gasteiger partial charge in [0.05, 0.1) is 0 Å². The summed E-state index contributed by atoms with van der Waals surface area (Å²) in [5.74, 6) is 0. The second kappa shape index (κ2) is 6.10. The van der Waals surface area contributed by atoms with Gasteiger partial charge in [0.15, 0.2) is 7.05 Å². The molecule has 1 heterocycles. The van der Waals surface area contributed by atoms with E-state index in [9.17, 15) is 0 Å². The van der Waals surface area contributed by atoms with Crippen LogP contribution in [0.5, 0.6) is 0 Å². The van der Waals surface area contributed by atoms with E-state index in [4.69, 9.17) is 5.10 Å². The van der Waals surface area contributed by atoms with Gasteiger partial charge >= 0.3 is 58.2 Å². The second-order valence-electron chi connectivity index (χ2n) is 6.18. The summed E-state index contributed by atoms with van der Waals surface area (Å²) in [7, 11) is 2.04. The fourth-order valence-corrected chi connectivity index (χ4v) is 3.86. The van der Waals surface area contributed by atoms with Crippen molar-refractivity contribution in [2.75, 3.05) is 0 Å². The molecule has 0 unspecified atom stereocenters. The van der Waals surface area contributed by atoms with Crippen molar-refractivity contribution in [2.45, 2.75) is 13.3 Å². The van der Waals surface area contributed by atoms with Crippen LogP contribution in [-0.2, 0) is 13.5 Å². The molecule has 0 aliphatic heterocycles. The van der Waals surface area contributed by atoms with Gasteiger partial charge in [-0.15, -0.1) is 11.1 Å². The molecule has 0 saturated heterocycles. The van der Waals surface area contributed by atoms with Gasteiger partial charge in [0.25, 0.3) is 0 Å². The molecular formula is C21H16N2Rb+. The van der Waals surface area contributed by atoms with Crippen molar-refractivity contribution in [1.29, 1.82) is 0 Å². The predicted octanol–water partition coefficient (Wildman–Crippen LogP) is 1.23. The summed E-state index contributed by atoms with van der Waals surface area (Å²) in [6, 6.07) is 20.6. The topological polar surface area (TPSA) is 16.8 Å². The average Bonchev–Trinajstić information content (AvgIpc) is 2.92. The number of hydrogen-bond acceptors (Lipinski definition) is 1. The van der Waals surface area contributed by atoms with Crippen LogP contribution in [0.2, 0.25) is 0 Å². The minimum absolute atomic E-state index is 0. The maximum atomic E-state index is 4.91. The van der Waals surface area contributed by atoms with Crippen molar-refractivity contribution in [3.63, 3.8) is 0 Å². The van der Waals surface area contributed by atoms with E-state index in [1.165, 1.54) is 44.1 Å². The summed E-state index contributed by atoms with van der Waals surface area (Å²) in [5.41, 5.74) is 7.46. The molecule has 110 valence electrons. The first-order chi connectivity index (χ1) is 11.3. The minimum atomic E-state index is 0. The van der Waals surface area contributed by atoms with Gasteiger partial charge in [0.1, 0.15) is 5.52 Å². The molecule has 3 aromatic carbocycles. The first-order valence-corrected chi connectivity index (χ1v) is 8.04. The summed E-state index contributed by atoms with van der Waals surface area (Å²) in [4.78, 5) is 0. The van der Waals surface area contributed by atoms with Gasteiger partial charge in [0, 0.05) is 23.0 Å². The van der Waals surface area contributed by atoms with Crippen LogP contribution in [0.1, 0.15) is 12.6 Å². The van der Waals surface area contributed by atoms with Crippen molar-refractivity contribution in [2.24, 2.45) is 7.05 Å². The molecule has 0 atom stereocenters. The summed E-state index contributed by atoms with van der Waals surface area (Å²) < 4.78 is 2.01. The normalized spacial score (nSPS) is 11.6. The molecule has 5 rings (SSSR count). The molecule has 1 aromatic heterocycles. The molecule has 2 nitrogen and oxygen atoms in total. The van der Waals surface area contributed by atoms with Crippen LogP contribution in [0.25, 0.3) is 43.9 Å². The Balaban J connectivity index is 0.00000146. The summed E-state index contributed by atoms with van der Waals surface area (Å²) in [5, 5.41) is 8.74. The van der Waals surface area contributed by atoms with E-state index >= 15 is 0 Å². The fourth-order valence-electron chi connectivity index (χ4n) is 3.86.